The van der Waals surface area contributed by atoms with E-state index in [4.69, 9.17) is 15.0 Å². The molecule has 2 aliphatic heterocycles. The van der Waals surface area contributed by atoms with Crippen LogP contribution in [0, 0.1) is 0 Å². The van der Waals surface area contributed by atoms with Gasteiger partial charge in [0.1, 0.15) is 11.2 Å². The van der Waals surface area contributed by atoms with E-state index in [1.165, 1.54) is 22.3 Å². The number of benzene rings is 4. The Bertz CT molecular complexity index is 2230. The van der Waals surface area contributed by atoms with Gasteiger partial charge in [-0.15, -0.1) is 0 Å². The maximum Gasteiger partial charge on any atom is 0.374 e. The van der Waals surface area contributed by atoms with Crippen molar-refractivity contribution in [2.45, 2.75) is 105 Å². The van der Waals surface area contributed by atoms with Gasteiger partial charge >= 0.3 is 5.82 Å². The number of hydrogen-bond donors (Lipinski definition) is 0. The lowest BCUT2D eigenvalue weighted by Crippen LogP contribution is -2.49. The minimum atomic E-state index is -0.0333. The number of nitrogens with zero attached hydrogens (tertiary/aromatic N) is 6. The molecular weight excluding hydrogens is 625 g/mol. The molecule has 0 bridgehead atoms. The van der Waals surface area contributed by atoms with E-state index in [0.717, 1.165) is 57.1 Å². The average molecular weight is 678 g/mol. The smallest absolute Gasteiger partial charge is 0.302 e. The van der Waals surface area contributed by atoms with Gasteiger partial charge in [0.05, 0.1) is 11.4 Å². The lowest BCUT2D eigenvalue weighted by molar-refractivity contribution is -0.552. The van der Waals surface area contributed by atoms with Gasteiger partial charge in [-0.1, -0.05) is 119 Å². The van der Waals surface area contributed by atoms with Gasteiger partial charge in [-0.05, 0) is 97.4 Å². The summed E-state index contributed by atoms with van der Waals surface area (Å²) < 4.78 is 2.29. The molecule has 0 saturated carbocycles. The summed E-state index contributed by atoms with van der Waals surface area (Å²) >= 11 is 0. The predicted octanol–water partition coefficient (Wildman–Crippen LogP) is 11.1. The number of fused-ring (bicyclic) bond motifs is 4. The molecule has 6 heteroatoms. The van der Waals surface area contributed by atoms with Crippen LogP contribution in [-0.4, -0.2) is 23.7 Å². The first-order chi connectivity index (χ1) is 23.7. The Morgan fingerprint density at radius 3 is 1.61 bits per heavy atom. The number of hydrogen-bond acceptors (Lipinski definition) is 5. The van der Waals surface area contributed by atoms with Crippen LogP contribution in [0.1, 0.15) is 105 Å². The van der Waals surface area contributed by atoms with Gasteiger partial charge < -0.3 is 4.90 Å². The zero-order valence-electron chi connectivity index (χ0n) is 32.8. The lowest BCUT2D eigenvalue weighted by atomic mass is 9.86. The second-order valence-electron chi connectivity index (χ2n) is 18.4. The summed E-state index contributed by atoms with van der Waals surface area (Å²) in [6.45, 7) is 27.1. The molecule has 0 fully saturated rings. The number of rotatable bonds is 2. The molecule has 0 unspecified atom stereocenters. The largest absolute Gasteiger partial charge is 0.374 e. The van der Waals surface area contributed by atoms with Gasteiger partial charge in [0.25, 0.3) is 5.84 Å². The summed E-state index contributed by atoms with van der Waals surface area (Å²) in [7, 11) is 2.07. The summed E-state index contributed by atoms with van der Waals surface area (Å²) in [6.07, 6.45) is 0. The zero-order chi connectivity index (χ0) is 36.8. The molecule has 1 aromatic heterocycles. The summed E-state index contributed by atoms with van der Waals surface area (Å²) in [5.74, 6) is 3.10. The highest BCUT2D eigenvalue weighted by molar-refractivity contribution is 6.53. The number of anilines is 3. The summed E-state index contributed by atoms with van der Waals surface area (Å²) in [5.41, 5.74) is 11.0. The Labute approximate surface area is 304 Å². The molecular formula is C45H53N6+. The van der Waals surface area contributed by atoms with Gasteiger partial charge in [-0.25, -0.2) is 9.98 Å². The van der Waals surface area contributed by atoms with E-state index in [-0.39, 0.29) is 21.7 Å². The van der Waals surface area contributed by atoms with Crippen molar-refractivity contribution in [2.75, 3.05) is 16.8 Å². The molecule has 5 aromatic rings. The lowest BCUT2D eigenvalue weighted by Gasteiger charge is -2.35. The fraction of sp³-hybridized carbons (Fsp3) is 0.378. The van der Waals surface area contributed by atoms with Crippen molar-refractivity contribution in [3.05, 3.63) is 107 Å². The van der Waals surface area contributed by atoms with Gasteiger partial charge in [0.15, 0.2) is 5.52 Å². The molecule has 4 aromatic carbocycles. The molecule has 7 rings (SSSR count). The van der Waals surface area contributed by atoms with Crippen LogP contribution in [0.2, 0.25) is 0 Å². The Balaban J connectivity index is 1.54. The highest BCUT2D eigenvalue weighted by Crippen LogP contribution is 2.45. The second-order valence-corrected chi connectivity index (χ2v) is 18.4. The quantitative estimate of drug-likeness (QED) is 0.175. The molecule has 6 nitrogen and oxygen atoms in total. The number of likely N-dealkylation sites (N-methyl/N-ethyl adjacent to an activating group) is 1. The minimum absolute atomic E-state index is 0.0333. The second kappa shape index (κ2) is 11.6. The normalized spacial score (nSPS) is 14.9. The molecule has 0 atom stereocenters. The van der Waals surface area contributed by atoms with Crippen LogP contribution in [0.15, 0.2) is 94.9 Å². The third-order valence-corrected chi connectivity index (χ3v) is 10.3. The van der Waals surface area contributed by atoms with Crippen LogP contribution in [-0.2, 0) is 21.7 Å². The topological polar surface area (TPSA) is 48.0 Å². The van der Waals surface area contributed by atoms with Gasteiger partial charge in [-0.3, -0.25) is 4.90 Å². The third kappa shape index (κ3) is 6.13. The molecule has 2 aliphatic rings. The average Bonchev–Trinajstić information content (AvgIpc) is 3.05. The SMILES string of the molecule is CN1C2=Nc3ccc(C(C)(C)C)cc3N(c3ccc(C(C)(C)C)cc3)C2=Nc2c1nc1ccc(C(C)(C)C)cc1[n+]2-c1ccc(C(C)(C)C)cc1. The van der Waals surface area contributed by atoms with E-state index in [1.54, 1.807) is 0 Å². The number of aliphatic imine (C=N–C) groups is 2. The van der Waals surface area contributed by atoms with E-state index in [2.05, 4.69) is 189 Å². The molecule has 51 heavy (non-hydrogen) atoms. The van der Waals surface area contributed by atoms with Crippen LogP contribution < -0.4 is 14.4 Å². The van der Waals surface area contributed by atoms with Crippen molar-refractivity contribution >= 4 is 51.4 Å². The van der Waals surface area contributed by atoms with Crippen LogP contribution >= 0.6 is 0 Å². The van der Waals surface area contributed by atoms with E-state index in [9.17, 15) is 0 Å². The summed E-state index contributed by atoms with van der Waals surface area (Å²) in [6, 6.07) is 31.2. The summed E-state index contributed by atoms with van der Waals surface area (Å²) in [4.78, 5) is 20.6. The van der Waals surface area contributed by atoms with Crippen molar-refractivity contribution in [3.8, 4) is 5.69 Å². The van der Waals surface area contributed by atoms with E-state index >= 15 is 0 Å². The molecule has 0 saturated heterocycles. The van der Waals surface area contributed by atoms with Crippen molar-refractivity contribution in [2.24, 2.45) is 9.98 Å². The highest BCUT2D eigenvalue weighted by Gasteiger charge is 2.43. The van der Waals surface area contributed by atoms with Crippen molar-refractivity contribution in [3.63, 3.8) is 0 Å². The Hall–Kier alpha value is -4.84. The summed E-state index contributed by atoms with van der Waals surface area (Å²) in [5, 5.41) is 0. The molecule has 0 radical (unpaired) electrons. The predicted molar refractivity (Wildman–Crippen MR) is 216 cm³/mol. The van der Waals surface area contributed by atoms with E-state index < -0.39 is 0 Å². The van der Waals surface area contributed by atoms with Gasteiger partial charge in [0.2, 0.25) is 11.7 Å². The number of aromatic nitrogens is 2. The monoisotopic (exact) mass is 677 g/mol. The maximum absolute atomic E-state index is 5.60. The first kappa shape index (κ1) is 34.6. The highest BCUT2D eigenvalue weighted by atomic mass is 15.4. The van der Waals surface area contributed by atoms with Gasteiger partial charge in [0, 0.05) is 12.7 Å². The van der Waals surface area contributed by atoms with Crippen molar-refractivity contribution in [1.82, 2.24) is 4.98 Å². The molecule has 0 aliphatic carbocycles. The Morgan fingerprint density at radius 2 is 1.04 bits per heavy atom. The van der Waals surface area contributed by atoms with Crippen molar-refractivity contribution < 1.29 is 4.57 Å². The fourth-order valence-corrected chi connectivity index (χ4v) is 6.88. The van der Waals surface area contributed by atoms with E-state index in [0.29, 0.717) is 0 Å². The fourth-order valence-electron chi connectivity index (χ4n) is 6.88. The zero-order valence-corrected chi connectivity index (χ0v) is 32.8. The molecule has 0 N–H and O–H groups in total. The third-order valence-electron chi connectivity index (χ3n) is 10.3. The first-order valence-corrected chi connectivity index (χ1v) is 18.2. The number of amidine groups is 2. The molecule has 0 amide bonds. The Morgan fingerprint density at radius 1 is 0.529 bits per heavy atom. The minimum Gasteiger partial charge on any atom is -0.302 e. The molecule has 0 spiro atoms. The Kier molecular flexibility index (Phi) is 7.87. The van der Waals surface area contributed by atoms with Crippen LogP contribution in [0.5, 0.6) is 0 Å². The maximum atomic E-state index is 5.60. The van der Waals surface area contributed by atoms with Crippen molar-refractivity contribution in [1.29, 1.82) is 0 Å². The molecule has 262 valence electrons. The standard InChI is InChI=1S/C45H53N6/c1-42(2,3)28-14-20-32(21-15-28)50-36-26-30(44(7,8)9)18-24-34(36)46-38-40(50)48-41-39(49(38)13)47-35-25-19-31(45(10,11)12)27-37(35)51(41)33-22-16-29(17-23-33)43(4,5)6/h14-27H,1-13H3/q+1. The van der Waals surface area contributed by atoms with Gasteiger partial charge in [-0.2, -0.15) is 4.57 Å². The molecule has 3 heterocycles. The van der Waals surface area contributed by atoms with Crippen LogP contribution in [0.25, 0.3) is 16.7 Å². The van der Waals surface area contributed by atoms with Crippen LogP contribution in [0.4, 0.5) is 28.7 Å². The first-order valence-electron chi connectivity index (χ1n) is 18.2. The van der Waals surface area contributed by atoms with E-state index in [1.807, 2.05) is 0 Å². The van der Waals surface area contributed by atoms with Crippen LogP contribution in [0.3, 0.4) is 0 Å².